The number of hydrogen-bond donors (Lipinski definition) is 0. The lowest BCUT2D eigenvalue weighted by atomic mass is 10.1. The van der Waals surface area contributed by atoms with Gasteiger partial charge in [0, 0.05) is 5.39 Å². The topological polar surface area (TPSA) is 79.5 Å². The molecule has 0 saturated heterocycles. The van der Waals surface area contributed by atoms with E-state index >= 15 is 0 Å². The molecule has 2 aromatic heterocycles. The number of rotatable bonds is 6. The van der Waals surface area contributed by atoms with Crippen LogP contribution in [0.4, 0.5) is 0 Å². The molecule has 0 aliphatic heterocycles. The summed E-state index contributed by atoms with van der Waals surface area (Å²) in [7, 11) is 3.19. The molecule has 0 radical (unpaired) electrons. The Labute approximate surface area is 161 Å². The molecular formula is C21H19N3O4. The molecular weight excluding hydrogens is 358 g/mol. The van der Waals surface area contributed by atoms with E-state index in [0.717, 1.165) is 22.2 Å². The van der Waals surface area contributed by atoms with Gasteiger partial charge in [-0.25, -0.2) is 4.98 Å². The van der Waals surface area contributed by atoms with Gasteiger partial charge in [-0.2, -0.15) is 4.98 Å². The van der Waals surface area contributed by atoms with Crippen LogP contribution >= 0.6 is 0 Å². The Kier molecular flexibility index (Phi) is 4.80. The van der Waals surface area contributed by atoms with E-state index in [9.17, 15) is 0 Å². The highest BCUT2D eigenvalue weighted by Gasteiger charge is 2.19. The van der Waals surface area contributed by atoms with Crippen molar-refractivity contribution in [2.45, 2.75) is 6.92 Å². The van der Waals surface area contributed by atoms with E-state index < -0.39 is 0 Å². The van der Waals surface area contributed by atoms with Crippen LogP contribution in [0.15, 0.2) is 53.1 Å². The van der Waals surface area contributed by atoms with Crippen molar-refractivity contribution in [3.8, 4) is 40.2 Å². The summed E-state index contributed by atoms with van der Waals surface area (Å²) >= 11 is 0. The highest BCUT2D eigenvalue weighted by Crippen LogP contribution is 2.34. The molecule has 4 rings (SSSR count). The summed E-state index contributed by atoms with van der Waals surface area (Å²) in [6.45, 7) is 2.47. The number of ether oxygens (including phenoxy) is 3. The highest BCUT2D eigenvalue weighted by atomic mass is 16.5. The third-order valence-electron chi connectivity index (χ3n) is 4.26. The smallest absolute Gasteiger partial charge is 0.262 e. The second kappa shape index (κ2) is 7.56. The molecule has 2 aromatic carbocycles. The fourth-order valence-corrected chi connectivity index (χ4v) is 2.95. The van der Waals surface area contributed by atoms with E-state index in [2.05, 4.69) is 15.1 Å². The Bertz CT molecular complexity index is 1120. The first-order chi connectivity index (χ1) is 13.7. The lowest BCUT2D eigenvalue weighted by molar-refractivity contribution is 0.339. The predicted octanol–water partition coefficient (Wildman–Crippen LogP) is 4.37. The summed E-state index contributed by atoms with van der Waals surface area (Å²) < 4.78 is 21.9. The molecule has 0 amide bonds. The van der Waals surface area contributed by atoms with Crippen LogP contribution in [0.5, 0.6) is 17.4 Å². The minimum absolute atomic E-state index is 0.367. The molecule has 0 unspecified atom stereocenters. The van der Waals surface area contributed by atoms with E-state index in [1.165, 1.54) is 0 Å². The van der Waals surface area contributed by atoms with Gasteiger partial charge in [0.15, 0.2) is 0 Å². The van der Waals surface area contributed by atoms with Crippen molar-refractivity contribution in [3.05, 3.63) is 48.5 Å². The quantitative estimate of drug-likeness (QED) is 0.494. The van der Waals surface area contributed by atoms with Crippen LogP contribution in [-0.2, 0) is 0 Å². The third-order valence-corrected chi connectivity index (χ3v) is 4.26. The third kappa shape index (κ3) is 3.22. The number of methoxy groups -OCH3 is 2. The lowest BCUT2D eigenvalue weighted by Crippen LogP contribution is -1.95. The summed E-state index contributed by atoms with van der Waals surface area (Å²) in [6.07, 6.45) is 0. The van der Waals surface area contributed by atoms with Gasteiger partial charge in [-0.3, -0.25) is 0 Å². The van der Waals surface area contributed by atoms with E-state index in [4.69, 9.17) is 18.7 Å². The molecule has 2 heterocycles. The molecule has 7 heteroatoms. The summed E-state index contributed by atoms with van der Waals surface area (Å²) in [5.41, 5.74) is 2.15. The van der Waals surface area contributed by atoms with E-state index in [1.54, 1.807) is 14.2 Å². The number of para-hydroxylation sites is 1. The molecule has 0 bridgehead atoms. The minimum Gasteiger partial charge on any atom is -0.497 e. The predicted molar refractivity (Wildman–Crippen MR) is 105 cm³/mol. The molecule has 0 N–H and O–H groups in total. The van der Waals surface area contributed by atoms with Gasteiger partial charge in [-0.05, 0) is 43.3 Å². The molecule has 0 saturated carbocycles. The Hall–Kier alpha value is -3.61. The molecule has 0 fully saturated rings. The van der Waals surface area contributed by atoms with E-state index in [1.807, 2.05) is 55.5 Å². The van der Waals surface area contributed by atoms with Gasteiger partial charge in [0.2, 0.25) is 11.7 Å². The normalized spacial score (nSPS) is 10.8. The highest BCUT2D eigenvalue weighted by molar-refractivity contribution is 5.86. The average Bonchev–Trinajstić information content (AvgIpc) is 3.22. The second-order valence-electron chi connectivity index (χ2n) is 5.96. The first kappa shape index (κ1) is 17.8. The molecule has 0 spiro atoms. The van der Waals surface area contributed by atoms with Gasteiger partial charge < -0.3 is 18.7 Å². The van der Waals surface area contributed by atoms with Gasteiger partial charge in [0.1, 0.15) is 11.5 Å². The first-order valence-corrected chi connectivity index (χ1v) is 8.82. The molecule has 142 valence electrons. The summed E-state index contributed by atoms with van der Waals surface area (Å²) in [4.78, 5) is 9.09. The Morgan fingerprint density at radius 1 is 0.929 bits per heavy atom. The molecule has 4 aromatic rings. The molecule has 7 nitrogen and oxygen atoms in total. The molecule has 28 heavy (non-hydrogen) atoms. The van der Waals surface area contributed by atoms with Crippen LogP contribution in [-0.4, -0.2) is 36.0 Å². The Morgan fingerprint density at radius 2 is 1.79 bits per heavy atom. The Morgan fingerprint density at radius 3 is 2.57 bits per heavy atom. The molecule has 0 aliphatic rings. The van der Waals surface area contributed by atoms with Crippen LogP contribution in [0, 0.1) is 0 Å². The molecule has 0 aliphatic carbocycles. The standard InChI is InChI=1S/C21H19N3O4/c1-4-27-18-8-6-5-7-15(18)21-23-19(24-28-21)16-12-13-11-14(25-2)9-10-17(13)22-20(16)26-3/h5-12H,4H2,1-3H3. The second-order valence-corrected chi connectivity index (χ2v) is 5.96. The van der Waals surface area contributed by atoms with Crippen molar-refractivity contribution < 1.29 is 18.7 Å². The number of aromatic nitrogens is 3. The van der Waals surface area contributed by atoms with Crippen LogP contribution in [0.25, 0.3) is 33.7 Å². The zero-order valence-corrected chi connectivity index (χ0v) is 15.8. The van der Waals surface area contributed by atoms with E-state index in [-0.39, 0.29) is 0 Å². The van der Waals surface area contributed by atoms with Gasteiger partial charge in [-0.1, -0.05) is 17.3 Å². The maximum absolute atomic E-state index is 5.66. The van der Waals surface area contributed by atoms with Crippen LogP contribution in [0.2, 0.25) is 0 Å². The van der Waals surface area contributed by atoms with Crippen molar-refractivity contribution in [2.24, 2.45) is 0 Å². The van der Waals surface area contributed by atoms with Gasteiger partial charge >= 0.3 is 0 Å². The molecule has 0 atom stereocenters. The zero-order chi connectivity index (χ0) is 19.5. The van der Waals surface area contributed by atoms with Gasteiger partial charge in [0.05, 0.1) is 37.5 Å². The van der Waals surface area contributed by atoms with Crippen LogP contribution in [0.3, 0.4) is 0 Å². The number of benzene rings is 2. The van der Waals surface area contributed by atoms with Crippen molar-refractivity contribution in [2.75, 3.05) is 20.8 Å². The minimum atomic E-state index is 0.367. The lowest BCUT2D eigenvalue weighted by Gasteiger charge is -2.08. The fourth-order valence-electron chi connectivity index (χ4n) is 2.95. The SMILES string of the molecule is CCOc1ccccc1-c1nc(-c2cc3cc(OC)ccc3nc2OC)no1. The number of hydrogen-bond acceptors (Lipinski definition) is 7. The monoisotopic (exact) mass is 377 g/mol. The summed E-state index contributed by atoms with van der Waals surface area (Å²) in [5.74, 6) is 2.60. The first-order valence-electron chi connectivity index (χ1n) is 8.82. The summed E-state index contributed by atoms with van der Waals surface area (Å²) in [5, 5.41) is 5.01. The van der Waals surface area contributed by atoms with E-state index in [0.29, 0.717) is 35.5 Å². The van der Waals surface area contributed by atoms with Gasteiger partial charge in [-0.15, -0.1) is 0 Å². The fraction of sp³-hybridized carbons (Fsp3) is 0.190. The van der Waals surface area contributed by atoms with Gasteiger partial charge in [0.25, 0.3) is 5.89 Å². The largest absolute Gasteiger partial charge is 0.497 e. The number of fused-ring (bicyclic) bond motifs is 1. The maximum atomic E-state index is 5.66. The van der Waals surface area contributed by atoms with Crippen molar-refractivity contribution in [1.29, 1.82) is 0 Å². The van der Waals surface area contributed by atoms with Crippen molar-refractivity contribution in [3.63, 3.8) is 0 Å². The number of pyridine rings is 1. The van der Waals surface area contributed by atoms with Crippen molar-refractivity contribution in [1.82, 2.24) is 15.1 Å². The number of nitrogens with zero attached hydrogens (tertiary/aromatic N) is 3. The average molecular weight is 377 g/mol. The van der Waals surface area contributed by atoms with Crippen molar-refractivity contribution >= 4 is 10.9 Å². The maximum Gasteiger partial charge on any atom is 0.262 e. The zero-order valence-electron chi connectivity index (χ0n) is 15.8. The van der Waals surface area contributed by atoms with Crippen LogP contribution < -0.4 is 14.2 Å². The Balaban J connectivity index is 1.81. The summed E-state index contributed by atoms with van der Waals surface area (Å²) in [6, 6.07) is 15.1. The van der Waals surface area contributed by atoms with Crippen LogP contribution in [0.1, 0.15) is 6.92 Å².